The lowest BCUT2D eigenvalue weighted by Gasteiger charge is -2.30. The van der Waals surface area contributed by atoms with Gasteiger partial charge in [-0.2, -0.15) is 0 Å². The van der Waals surface area contributed by atoms with Gasteiger partial charge in [-0.15, -0.1) is 10.2 Å². The van der Waals surface area contributed by atoms with Crippen molar-refractivity contribution >= 4 is 5.65 Å². The summed E-state index contributed by atoms with van der Waals surface area (Å²) in [5.41, 5.74) is 8.83. The second-order valence-corrected chi connectivity index (χ2v) is 7.25. The van der Waals surface area contributed by atoms with Gasteiger partial charge in [0.05, 0.1) is 6.20 Å². The van der Waals surface area contributed by atoms with Gasteiger partial charge in [0.2, 0.25) is 0 Å². The molecule has 2 aromatic heterocycles. The molecule has 0 aliphatic heterocycles. The van der Waals surface area contributed by atoms with Crippen LogP contribution in [0.1, 0.15) is 55.8 Å². The van der Waals surface area contributed by atoms with Crippen molar-refractivity contribution in [2.45, 2.75) is 44.4 Å². The minimum absolute atomic E-state index is 0.00110. The van der Waals surface area contributed by atoms with Crippen LogP contribution >= 0.6 is 0 Å². The molecule has 0 fully saturated rings. The minimum Gasteiger partial charge on any atom is -0.484 e. The predicted octanol–water partition coefficient (Wildman–Crippen LogP) is 3.52. The minimum atomic E-state index is -0.539. The van der Waals surface area contributed by atoms with Crippen molar-refractivity contribution in [1.29, 1.82) is 0 Å². The predicted molar refractivity (Wildman–Crippen MR) is 99.0 cm³/mol. The van der Waals surface area contributed by atoms with E-state index in [-0.39, 0.29) is 12.1 Å². The summed E-state index contributed by atoms with van der Waals surface area (Å²) < 4.78 is 13.8. The van der Waals surface area contributed by atoms with Gasteiger partial charge in [-0.3, -0.25) is 4.40 Å². The lowest BCUT2D eigenvalue weighted by molar-refractivity contribution is 0.0106. The summed E-state index contributed by atoms with van der Waals surface area (Å²) in [6, 6.07) is 12.2. The number of aromatic nitrogens is 3. The van der Waals surface area contributed by atoms with E-state index in [1.807, 2.05) is 48.7 Å². The zero-order valence-corrected chi connectivity index (χ0v) is 15.3. The molecule has 0 saturated carbocycles. The summed E-state index contributed by atoms with van der Waals surface area (Å²) in [5.74, 6) is 1.52. The van der Waals surface area contributed by atoms with E-state index < -0.39 is 5.60 Å². The van der Waals surface area contributed by atoms with Gasteiger partial charge in [0.25, 0.3) is 0 Å². The van der Waals surface area contributed by atoms with Crippen LogP contribution in [0.2, 0.25) is 0 Å². The van der Waals surface area contributed by atoms with Crippen LogP contribution in [0.5, 0.6) is 5.75 Å². The maximum atomic E-state index is 6.34. The largest absolute Gasteiger partial charge is 0.484 e. The third-order valence-electron chi connectivity index (χ3n) is 5.18. The van der Waals surface area contributed by atoms with Crippen LogP contribution in [0, 0.1) is 0 Å². The molecule has 6 heteroatoms. The van der Waals surface area contributed by atoms with Gasteiger partial charge in [0.1, 0.15) is 17.5 Å². The Bertz CT molecular complexity index is 934. The number of rotatable bonds is 4. The molecule has 2 atom stereocenters. The van der Waals surface area contributed by atoms with Gasteiger partial charge < -0.3 is 15.2 Å². The van der Waals surface area contributed by atoms with Crippen LogP contribution in [0.15, 0.2) is 42.6 Å². The summed E-state index contributed by atoms with van der Waals surface area (Å²) in [5, 5.41) is 8.52. The van der Waals surface area contributed by atoms with Gasteiger partial charge in [0, 0.05) is 13.2 Å². The summed E-state index contributed by atoms with van der Waals surface area (Å²) in [6.07, 6.45) is 3.74. The number of fused-ring (bicyclic) bond motifs is 2. The Morgan fingerprint density at radius 3 is 2.62 bits per heavy atom. The third-order valence-corrected chi connectivity index (χ3v) is 5.18. The van der Waals surface area contributed by atoms with E-state index in [0.29, 0.717) is 0 Å². The van der Waals surface area contributed by atoms with Crippen LogP contribution in [-0.2, 0) is 10.3 Å². The summed E-state index contributed by atoms with van der Waals surface area (Å²) in [4.78, 5) is 0. The lowest BCUT2D eigenvalue weighted by Crippen LogP contribution is -2.24. The number of nitrogens with two attached hydrogens (primary N) is 1. The maximum absolute atomic E-state index is 6.34. The highest BCUT2D eigenvalue weighted by Gasteiger charge is 2.28. The van der Waals surface area contributed by atoms with E-state index >= 15 is 0 Å². The van der Waals surface area contributed by atoms with Crippen molar-refractivity contribution in [3.05, 3.63) is 59.5 Å². The Kier molecular flexibility index (Phi) is 4.17. The molecule has 136 valence electrons. The van der Waals surface area contributed by atoms with Crippen molar-refractivity contribution < 1.29 is 9.47 Å². The number of pyridine rings is 1. The van der Waals surface area contributed by atoms with Gasteiger partial charge in [-0.25, -0.2) is 0 Å². The maximum Gasteiger partial charge on any atom is 0.169 e. The fourth-order valence-corrected chi connectivity index (χ4v) is 3.51. The molecule has 0 radical (unpaired) electrons. The zero-order valence-electron chi connectivity index (χ0n) is 15.3. The Balaban J connectivity index is 1.68. The molecule has 6 nitrogen and oxygen atoms in total. The quantitative estimate of drug-likeness (QED) is 0.777. The zero-order chi connectivity index (χ0) is 18.3. The molecule has 1 aliphatic rings. The molecule has 26 heavy (non-hydrogen) atoms. The molecule has 2 N–H and O–H groups in total. The van der Waals surface area contributed by atoms with Crippen LogP contribution in [-0.4, -0.2) is 21.7 Å². The molecular formula is C20H24N4O2. The van der Waals surface area contributed by atoms with E-state index in [0.717, 1.165) is 30.1 Å². The molecule has 3 aromatic rings. The SMILES string of the molecule is COC(C)(C)c1nnc2ccc(OC3CCC(N)c4ccccc43)cn12. The summed E-state index contributed by atoms with van der Waals surface area (Å²) in [6.45, 7) is 3.94. The first-order valence-corrected chi connectivity index (χ1v) is 8.91. The lowest BCUT2D eigenvalue weighted by atomic mass is 9.86. The Morgan fingerprint density at radius 1 is 1.08 bits per heavy atom. The summed E-state index contributed by atoms with van der Waals surface area (Å²) >= 11 is 0. The fourth-order valence-electron chi connectivity index (χ4n) is 3.51. The molecule has 0 bridgehead atoms. The Hall–Kier alpha value is -2.44. The van der Waals surface area contributed by atoms with E-state index in [1.54, 1.807) is 7.11 Å². The second-order valence-electron chi connectivity index (χ2n) is 7.25. The van der Waals surface area contributed by atoms with Crippen molar-refractivity contribution in [2.24, 2.45) is 5.73 Å². The van der Waals surface area contributed by atoms with Crippen molar-refractivity contribution in [1.82, 2.24) is 14.6 Å². The highest BCUT2D eigenvalue weighted by atomic mass is 16.5. The Morgan fingerprint density at radius 2 is 1.85 bits per heavy atom. The molecule has 0 amide bonds. The summed E-state index contributed by atoms with van der Waals surface area (Å²) in [7, 11) is 1.67. The number of nitrogens with zero attached hydrogens (tertiary/aromatic N) is 3. The first kappa shape index (κ1) is 17.0. The van der Waals surface area contributed by atoms with Crippen molar-refractivity contribution in [3.8, 4) is 5.75 Å². The third kappa shape index (κ3) is 2.85. The molecule has 1 aromatic carbocycles. The van der Waals surface area contributed by atoms with Gasteiger partial charge in [0.15, 0.2) is 11.5 Å². The van der Waals surface area contributed by atoms with Gasteiger partial charge in [-0.05, 0) is 49.9 Å². The van der Waals surface area contributed by atoms with E-state index in [9.17, 15) is 0 Å². The average Bonchev–Trinajstić information content (AvgIpc) is 3.08. The van der Waals surface area contributed by atoms with Crippen molar-refractivity contribution in [3.63, 3.8) is 0 Å². The van der Waals surface area contributed by atoms with Crippen LogP contribution in [0.3, 0.4) is 0 Å². The average molecular weight is 352 g/mol. The highest BCUT2D eigenvalue weighted by Crippen LogP contribution is 2.37. The van der Waals surface area contributed by atoms with Crippen molar-refractivity contribution in [2.75, 3.05) is 7.11 Å². The highest BCUT2D eigenvalue weighted by molar-refractivity contribution is 5.43. The first-order chi connectivity index (χ1) is 12.5. The molecule has 0 saturated heterocycles. The first-order valence-electron chi connectivity index (χ1n) is 8.91. The number of benzene rings is 1. The molecule has 4 rings (SSSR count). The van der Waals surface area contributed by atoms with Crippen LogP contribution in [0.25, 0.3) is 5.65 Å². The second kappa shape index (κ2) is 6.37. The molecule has 1 aliphatic carbocycles. The van der Waals surface area contributed by atoms with Crippen LogP contribution < -0.4 is 10.5 Å². The number of hydrogen-bond donors (Lipinski definition) is 1. The van der Waals surface area contributed by atoms with Crippen LogP contribution in [0.4, 0.5) is 0 Å². The van der Waals surface area contributed by atoms with E-state index in [4.69, 9.17) is 15.2 Å². The fraction of sp³-hybridized carbons (Fsp3) is 0.400. The van der Waals surface area contributed by atoms with Gasteiger partial charge >= 0.3 is 0 Å². The van der Waals surface area contributed by atoms with Gasteiger partial charge in [-0.1, -0.05) is 24.3 Å². The Labute approximate surface area is 152 Å². The number of ether oxygens (including phenoxy) is 2. The van der Waals surface area contributed by atoms with E-state index in [1.165, 1.54) is 11.1 Å². The normalized spacial score (nSPS) is 20.2. The standard InChI is InChI=1S/C20H24N4O2/c1-20(2,25-3)19-23-22-18-11-8-13(12-24(18)19)26-17-10-9-16(21)14-6-4-5-7-15(14)17/h4-8,11-12,16-17H,9-10,21H2,1-3H3. The molecular weight excluding hydrogens is 328 g/mol. The monoisotopic (exact) mass is 352 g/mol. The smallest absolute Gasteiger partial charge is 0.169 e. The molecule has 2 unspecified atom stereocenters. The molecule has 0 spiro atoms. The number of hydrogen-bond acceptors (Lipinski definition) is 5. The van der Waals surface area contributed by atoms with E-state index in [2.05, 4.69) is 22.3 Å². The molecule has 2 heterocycles. The topological polar surface area (TPSA) is 74.7 Å². The number of methoxy groups -OCH3 is 1.